The molecule has 0 spiro atoms. The molecule has 6 heteroatoms. The van der Waals surface area contributed by atoms with Crippen molar-refractivity contribution in [2.45, 2.75) is 6.54 Å². The fourth-order valence-electron chi connectivity index (χ4n) is 2.96. The van der Waals surface area contributed by atoms with Crippen molar-refractivity contribution in [3.05, 3.63) is 99.4 Å². The molecule has 0 bridgehead atoms. The Morgan fingerprint density at radius 3 is 2.48 bits per heavy atom. The first-order valence-electron chi connectivity index (χ1n) is 8.45. The second-order valence-corrected chi connectivity index (χ2v) is 6.58. The Bertz CT molecular complexity index is 1160. The minimum atomic E-state index is -0.231. The summed E-state index contributed by atoms with van der Waals surface area (Å²) in [7, 11) is 0. The van der Waals surface area contributed by atoms with Crippen LogP contribution in [0.15, 0.2) is 77.6 Å². The van der Waals surface area contributed by atoms with E-state index in [9.17, 15) is 9.59 Å². The van der Waals surface area contributed by atoms with Crippen LogP contribution in [-0.4, -0.2) is 15.5 Å². The van der Waals surface area contributed by atoms with Gasteiger partial charge in [-0.1, -0.05) is 41.9 Å². The number of aromatic amines is 1. The van der Waals surface area contributed by atoms with E-state index < -0.39 is 0 Å². The van der Waals surface area contributed by atoms with Crippen molar-refractivity contribution >= 4 is 28.5 Å². The SMILES string of the molecule is O=C(NCc1ccccc1)c1cc2ccc(=O)n(-c3ccc(Cl)cc3)c2[nH]1. The summed E-state index contributed by atoms with van der Waals surface area (Å²) in [5, 5.41) is 4.24. The normalized spacial score (nSPS) is 10.9. The number of fused-ring (bicyclic) bond motifs is 1. The van der Waals surface area contributed by atoms with Crippen LogP contribution >= 0.6 is 11.6 Å². The van der Waals surface area contributed by atoms with Gasteiger partial charge >= 0.3 is 0 Å². The molecule has 0 atom stereocenters. The monoisotopic (exact) mass is 377 g/mol. The third-order valence-electron chi connectivity index (χ3n) is 4.30. The van der Waals surface area contributed by atoms with Gasteiger partial charge in [0.15, 0.2) is 0 Å². The van der Waals surface area contributed by atoms with Gasteiger partial charge in [0.25, 0.3) is 11.5 Å². The van der Waals surface area contributed by atoms with E-state index >= 15 is 0 Å². The zero-order valence-electron chi connectivity index (χ0n) is 14.3. The highest BCUT2D eigenvalue weighted by molar-refractivity contribution is 6.30. The molecule has 27 heavy (non-hydrogen) atoms. The average Bonchev–Trinajstić information content (AvgIpc) is 3.12. The second kappa shape index (κ2) is 7.13. The van der Waals surface area contributed by atoms with Gasteiger partial charge in [0.1, 0.15) is 11.3 Å². The van der Waals surface area contributed by atoms with Crippen LogP contribution in [0, 0.1) is 0 Å². The number of benzene rings is 2. The fraction of sp³-hybridized carbons (Fsp3) is 0.0476. The van der Waals surface area contributed by atoms with Crippen LogP contribution in [0.3, 0.4) is 0 Å². The third kappa shape index (κ3) is 3.50. The molecule has 2 heterocycles. The lowest BCUT2D eigenvalue weighted by molar-refractivity contribution is 0.0946. The fourth-order valence-corrected chi connectivity index (χ4v) is 3.09. The molecule has 1 amide bonds. The lowest BCUT2D eigenvalue weighted by atomic mass is 10.2. The van der Waals surface area contributed by atoms with Crippen molar-refractivity contribution in [3.63, 3.8) is 0 Å². The predicted molar refractivity (Wildman–Crippen MR) is 107 cm³/mol. The van der Waals surface area contributed by atoms with E-state index in [0.29, 0.717) is 28.6 Å². The van der Waals surface area contributed by atoms with E-state index in [1.54, 1.807) is 36.4 Å². The smallest absolute Gasteiger partial charge is 0.268 e. The molecule has 134 valence electrons. The van der Waals surface area contributed by atoms with E-state index in [2.05, 4.69) is 10.3 Å². The molecule has 0 aliphatic rings. The third-order valence-corrected chi connectivity index (χ3v) is 4.55. The van der Waals surface area contributed by atoms with Crippen molar-refractivity contribution in [2.75, 3.05) is 0 Å². The van der Waals surface area contributed by atoms with Gasteiger partial charge in [0.05, 0.1) is 5.69 Å². The number of H-pyrrole nitrogens is 1. The maximum Gasteiger partial charge on any atom is 0.268 e. The van der Waals surface area contributed by atoms with Gasteiger partial charge in [0.2, 0.25) is 0 Å². The minimum Gasteiger partial charge on any atom is -0.347 e. The van der Waals surface area contributed by atoms with Crippen molar-refractivity contribution in [1.82, 2.24) is 14.9 Å². The number of hydrogen-bond donors (Lipinski definition) is 2. The molecule has 0 unspecified atom stereocenters. The highest BCUT2D eigenvalue weighted by Crippen LogP contribution is 2.19. The first-order valence-corrected chi connectivity index (χ1v) is 8.82. The van der Waals surface area contributed by atoms with Crippen LogP contribution < -0.4 is 10.9 Å². The summed E-state index contributed by atoms with van der Waals surface area (Å²) in [6, 6.07) is 21.6. The summed E-state index contributed by atoms with van der Waals surface area (Å²) < 4.78 is 1.53. The van der Waals surface area contributed by atoms with Gasteiger partial charge in [-0.3, -0.25) is 14.2 Å². The zero-order chi connectivity index (χ0) is 18.8. The van der Waals surface area contributed by atoms with Crippen LogP contribution in [0.2, 0.25) is 5.02 Å². The molecule has 4 rings (SSSR count). The number of aromatic nitrogens is 2. The number of hydrogen-bond acceptors (Lipinski definition) is 2. The molecular formula is C21H16ClN3O2. The maximum atomic E-state index is 12.5. The molecule has 2 N–H and O–H groups in total. The predicted octanol–water partition coefficient (Wildman–Crippen LogP) is 3.90. The number of pyridine rings is 1. The van der Waals surface area contributed by atoms with Crippen molar-refractivity contribution < 1.29 is 4.79 Å². The van der Waals surface area contributed by atoms with Gasteiger partial charge < -0.3 is 10.3 Å². The van der Waals surface area contributed by atoms with Gasteiger partial charge in [-0.15, -0.1) is 0 Å². The van der Waals surface area contributed by atoms with Crippen LogP contribution in [0.25, 0.3) is 16.7 Å². The highest BCUT2D eigenvalue weighted by Gasteiger charge is 2.13. The van der Waals surface area contributed by atoms with Crippen molar-refractivity contribution in [1.29, 1.82) is 0 Å². The Kier molecular flexibility index (Phi) is 4.52. The van der Waals surface area contributed by atoms with Gasteiger partial charge in [-0.25, -0.2) is 0 Å². The van der Waals surface area contributed by atoms with E-state index in [4.69, 9.17) is 11.6 Å². The number of rotatable bonds is 4. The lowest BCUT2D eigenvalue weighted by Gasteiger charge is -2.07. The number of halogens is 1. The largest absolute Gasteiger partial charge is 0.347 e. The van der Waals surface area contributed by atoms with Crippen LogP contribution in [0.1, 0.15) is 16.1 Å². The second-order valence-electron chi connectivity index (χ2n) is 6.14. The Labute approximate surface area is 160 Å². The number of nitrogens with one attached hydrogen (secondary N) is 2. The molecule has 0 saturated carbocycles. The standard InChI is InChI=1S/C21H16ClN3O2/c22-16-7-9-17(10-8-16)25-19(26)11-6-15-12-18(24-20(15)25)21(27)23-13-14-4-2-1-3-5-14/h1-12,24H,13H2,(H,23,27). The molecule has 0 radical (unpaired) electrons. The summed E-state index contributed by atoms with van der Waals surface area (Å²) in [5.74, 6) is -0.231. The summed E-state index contributed by atoms with van der Waals surface area (Å²) in [4.78, 5) is 28.0. The molecule has 2 aromatic carbocycles. The zero-order valence-corrected chi connectivity index (χ0v) is 15.0. The summed E-state index contributed by atoms with van der Waals surface area (Å²) in [6.45, 7) is 0.430. The molecule has 4 aromatic rings. The van der Waals surface area contributed by atoms with Crippen LogP contribution in [0.5, 0.6) is 0 Å². The van der Waals surface area contributed by atoms with Crippen LogP contribution in [-0.2, 0) is 6.54 Å². The minimum absolute atomic E-state index is 0.192. The molecule has 0 aliphatic carbocycles. The van der Waals surface area contributed by atoms with Gasteiger partial charge in [0, 0.05) is 23.0 Å². The molecule has 5 nitrogen and oxygen atoms in total. The highest BCUT2D eigenvalue weighted by atomic mass is 35.5. The van der Waals surface area contributed by atoms with Crippen molar-refractivity contribution in [2.24, 2.45) is 0 Å². The lowest BCUT2D eigenvalue weighted by Crippen LogP contribution is -2.23. The van der Waals surface area contributed by atoms with E-state index in [0.717, 1.165) is 10.9 Å². The molecule has 2 aromatic heterocycles. The number of carbonyl (C=O) groups excluding carboxylic acids is 1. The topological polar surface area (TPSA) is 66.9 Å². The summed E-state index contributed by atoms with van der Waals surface area (Å²) in [5.41, 5.74) is 2.46. The first-order chi connectivity index (χ1) is 13.1. The Morgan fingerprint density at radius 2 is 1.74 bits per heavy atom. The molecular weight excluding hydrogens is 362 g/mol. The average molecular weight is 378 g/mol. The van der Waals surface area contributed by atoms with Gasteiger partial charge in [-0.2, -0.15) is 0 Å². The van der Waals surface area contributed by atoms with E-state index in [1.165, 1.54) is 10.6 Å². The summed E-state index contributed by atoms with van der Waals surface area (Å²) in [6.07, 6.45) is 0. The quantitative estimate of drug-likeness (QED) is 0.566. The molecule has 0 saturated heterocycles. The first kappa shape index (κ1) is 17.1. The maximum absolute atomic E-state index is 12.5. The Morgan fingerprint density at radius 1 is 1.00 bits per heavy atom. The Hall–Kier alpha value is -3.31. The van der Waals surface area contributed by atoms with Crippen LogP contribution in [0.4, 0.5) is 0 Å². The van der Waals surface area contributed by atoms with Crippen molar-refractivity contribution in [3.8, 4) is 5.69 Å². The summed E-state index contributed by atoms with van der Waals surface area (Å²) >= 11 is 5.94. The molecule has 0 aliphatic heterocycles. The molecule has 0 fully saturated rings. The van der Waals surface area contributed by atoms with Gasteiger partial charge in [-0.05, 0) is 42.0 Å². The number of nitrogens with zero attached hydrogens (tertiary/aromatic N) is 1. The Balaban J connectivity index is 1.68. The number of carbonyl (C=O) groups is 1. The van der Waals surface area contributed by atoms with E-state index in [1.807, 2.05) is 30.3 Å². The number of amides is 1. The van der Waals surface area contributed by atoms with E-state index in [-0.39, 0.29) is 11.5 Å².